The number of aryl methyl sites for hydroxylation is 1. The number of rotatable bonds is 5. The highest BCUT2D eigenvalue weighted by molar-refractivity contribution is 7.83. The van der Waals surface area contributed by atoms with Crippen LogP contribution in [0.5, 0.6) is 5.75 Å². The number of hydrogen-bond donors (Lipinski definition) is 0. The van der Waals surface area contributed by atoms with E-state index in [9.17, 15) is 4.21 Å². The van der Waals surface area contributed by atoms with Gasteiger partial charge in [0, 0.05) is 22.3 Å². The molecule has 0 aliphatic heterocycles. The summed E-state index contributed by atoms with van der Waals surface area (Å²) in [6.45, 7) is 2.02. The molecular weight excluding hydrogens is 282 g/mol. The predicted octanol–water partition coefficient (Wildman–Crippen LogP) is 3.32. The van der Waals surface area contributed by atoms with Crippen LogP contribution in [0.15, 0.2) is 42.5 Å². The molecule has 0 amide bonds. The molecule has 0 N–H and O–H groups in total. The van der Waals surface area contributed by atoms with Gasteiger partial charge < -0.3 is 4.74 Å². The van der Waals surface area contributed by atoms with Gasteiger partial charge in [-0.05, 0) is 30.2 Å². The summed E-state index contributed by atoms with van der Waals surface area (Å²) in [6, 6.07) is 15.5. The molecule has 3 nitrogen and oxygen atoms in total. The summed E-state index contributed by atoms with van der Waals surface area (Å²) in [5.41, 5.74) is 3.60. The van der Waals surface area contributed by atoms with Gasteiger partial charge in [-0.3, -0.25) is 4.21 Å². The first-order valence-electron chi connectivity index (χ1n) is 6.60. The lowest BCUT2D eigenvalue weighted by Gasteiger charge is -2.07. The first-order chi connectivity index (χ1) is 10.1. The minimum Gasteiger partial charge on any atom is -0.495 e. The topological polar surface area (TPSA) is 50.1 Å². The van der Waals surface area contributed by atoms with Crippen molar-refractivity contribution in [1.29, 1.82) is 5.26 Å². The summed E-state index contributed by atoms with van der Waals surface area (Å²) >= 11 is 0. The standard InChI is InChI=1S/C17H17NO2S/c1-13-4-3-5-14(8-13)11-21(19)12-15-6-7-17(20-2)16(9-15)10-18/h3-9H,11-12H2,1-2H3. The fourth-order valence-electron chi connectivity index (χ4n) is 2.16. The van der Waals surface area contributed by atoms with Gasteiger partial charge in [0.25, 0.3) is 0 Å². The number of benzene rings is 2. The van der Waals surface area contributed by atoms with E-state index in [1.54, 1.807) is 12.1 Å². The van der Waals surface area contributed by atoms with E-state index in [0.717, 1.165) is 11.1 Å². The van der Waals surface area contributed by atoms with Crippen molar-refractivity contribution in [2.75, 3.05) is 7.11 Å². The Labute approximate surface area is 127 Å². The van der Waals surface area contributed by atoms with Crippen molar-refractivity contribution in [2.24, 2.45) is 0 Å². The molecule has 21 heavy (non-hydrogen) atoms. The number of nitriles is 1. The Morgan fingerprint density at radius 3 is 2.48 bits per heavy atom. The highest BCUT2D eigenvalue weighted by Crippen LogP contribution is 2.20. The molecule has 2 rings (SSSR count). The molecule has 0 heterocycles. The third kappa shape index (κ3) is 4.17. The molecule has 0 aliphatic carbocycles. The van der Waals surface area contributed by atoms with E-state index in [4.69, 9.17) is 10.00 Å². The van der Waals surface area contributed by atoms with Gasteiger partial charge >= 0.3 is 0 Å². The number of methoxy groups -OCH3 is 1. The zero-order chi connectivity index (χ0) is 15.2. The summed E-state index contributed by atoms with van der Waals surface area (Å²) in [5, 5.41) is 9.07. The van der Waals surface area contributed by atoms with Crippen molar-refractivity contribution in [2.45, 2.75) is 18.4 Å². The average molecular weight is 299 g/mol. The van der Waals surface area contributed by atoms with Crippen molar-refractivity contribution < 1.29 is 8.95 Å². The third-order valence-electron chi connectivity index (χ3n) is 3.12. The van der Waals surface area contributed by atoms with Gasteiger partial charge in [-0.2, -0.15) is 5.26 Å². The zero-order valence-corrected chi connectivity index (χ0v) is 12.9. The second-order valence-electron chi connectivity index (χ2n) is 4.86. The van der Waals surface area contributed by atoms with Crippen LogP contribution in [0.1, 0.15) is 22.3 Å². The van der Waals surface area contributed by atoms with Crippen LogP contribution < -0.4 is 4.74 Å². The van der Waals surface area contributed by atoms with E-state index in [1.807, 2.05) is 37.3 Å². The smallest absolute Gasteiger partial charge is 0.136 e. The lowest BCUT2D eigenvalue weighted by atomic mass is 10.1. The largest absolute Gasteiger partial charge is 0.495 e. The van der Waals surface area contributed by atoms with Gasteiger partial charge in [0.2, 0.25) is 0 Å². The van der Waals surface area contributed by atoms with E-state index in [2.05, 4.69) is 6.07 Å². The molecule has 2 aromatic rings. The van der Waals surface area contributed by atoms with Crippen LogP contribution in [0.3, 0.4) is 0 Å². The molecule has 0 radical (unpaired) electrons. The summed E-state index contributed by atoms with van der Waals surface area (Å²) < 4.78 is 17.4. The first kappa shape index (κ1) is 15.3. The van der Waals surface area contributed by atoms with E-state index in [0.29, 0.717) is 22.8 Å². The highest BCUT2D eigenvalue weighted by Gasteiger charge is 2.07. The first-order valence-corrected chi connectivity index (χ1v) is 8.08. The van der Waals surface area contributed by atoms with Crippen LogP contribution in [-0.2, 0) is 22.3 Å². The number of nitrogens with zero attached hydrogens (tertiary/aromatic N) is 1. The van der Waals surface area contributed by atoms with E-state index >= 15 is 0 Å². The third-order valence-corrected chi connectivity index (χ3v) is 4.43. The molecular formula is C17H17NO2S. The lowest BCUT2D eigenvalue weighted by molar-refractivity contribution is 0.413. The van der Waals surface area contributed by atoms with Crippen LogP contribution >= 0.6 is 0 Å². The summed E-state index contributed by atoms with van der Waals surface area (Å²) in [6.07, 6.45) is 0. The normalized spacial score (nSPS) is 11.7. The van der Waals surface area contributed by atoms with Gasteiger partial charge in [0.15, 0.2) is 0 Å². The second-order valence-corrected chi connectivity index (χ2v) is 6.32. The molecule has 108 valence electrons. The Morgan fingerprint density at radius 2 is 1.86 bits per heavy atom. The fraction of sp³-hybridized carbons (Fsp3) is 0.235. The number of ether oxygens (including phenoxy) is 1. The van der Waals surface area contributed by atoms with Gasteiger partial charge in [-0.25, -0.2) is 0 Å². The maximum atomic E-state index is 12.2. The number of hydrogen-bond acceptors (Lipinski definition) is 3. The van der Waals surface area contributed by atoms with Crippen LogP contribution in [-0.4, -0.2) is 11.3 Å². The molecule has 0 spiro atoms. The average Bonchev–Trinajstić information content (AvgIpc) is 2.47. The molecule has 2 aromatic carbocycles. The Kier molecular flexibility index (Phi) is 5.13. The minimum absolute atomic E-state index is 0.437. The van der Waals surface area contributed by atoms with E-state index in [-0.39, 0.29) is 0 Å². The monoisotopic (exact) mass is 299 g/mol. The van der Waals surface area contributed by atoms with Crippen LogP contribution in [0, 0.1) is 18.3 Å². The summed E-state index contributed by atoms with van der Waals surface area (Å²) in [7, 11) is 0.534. The van der Waals surface area contributed by atoms with Gasteiger partial charge in [0.05, 0.1) is 12.7 Å². The molecule has 1 unspecified atom stereocenters. The van der Waals surface area contributed by atoms with Crippen molar-refractivity contribution in [3.05, 3.63) is 64.7 Å². The van der Waals surface area contributed by atoms with Gasteiger partial charge in [0.1, 0.15) is 11.8 Å². The van der Waals surface area contributed by atoms with Crippen molar-refractivity contribution >= 4 is 10.8 Å². The molecule has 0 bridgehead atoms. The Hall–Kier alpha value is -2.12. The summed E-state index contributed by atoms with van der Waals surface area (Å²) in [5.74, 6) is 1.51. The van der Waals surface area contributed by atoms with Gasteiger partial charge in [-0.1, -0.05) is 35.9 Å². The fourth-order valence-corrected chi connectivity index (χ4v) is 3.36. The maximum absolute atomic E-state index is 12.2. The molecule has 0 saturated heterocycles. The summed E-state index contributed by atoms with van der Waals surface area (Å²) in [4.78, 5) is 0. The molecule has 0 fully saturated rings. The molecule has 0 aromatic heterocycles. The van der Waals surface area contributed by atoms with Crippen LogP contribution in [0.2, 0.25) is 0 Å². The van der Waals surface area contributed by atoms with Crippen LogP contribution in [0.4, 0.5) is 0 Å². The van der Waals surface area contributed by atoms with Crippen molar-refractivity contribution in [3.63, 3.8) is 0 Å². The Bertz CT molecular complexity index is 704. The van der Waals surface area contributed by atoms with Gasteiger partial charge in [-0.15, -0.1) is 0 Å². The minimum atomic E-state index is -0.999. The Morgan fingerprint density at radius 1 is 1.14 bits per heavy atom. The SMILES string of the molecule is COc1ccc(CS(=O)Cc2cccc(C)c2)cc1C#N. The van der Waals surface area contributed by atoms with Crippen LogP contribution in [0.25, 0.3) is 0 Å². The predicted molar refractivity (Wildman–Crippen MR) is 84.4 cm³/mol. The maximum Gasteiger partial charge on any atom is 0.136 e. The Balaban J connectivity index is 2.08. The van der Waals surface area contributed by atoms with E-state index < -0.39 is 10.8 Å². The van der Waals surface area contributed by atoms with Crippen molar-refractivity contribution in [3.8, 4) is 11.8 Å². The highest BCUT2D eigenvalue weighted by atomic mass is 32.2. The van der Waals surface area contributed by atoms with E-state index in [1.165, 1.54) is 12.7 Å². The molecule has 1 atom stereocenters. The molecule has 4 heteroatoms. The molecule has 0 aliphatic rings. The van der Waals surface area contributed by atoms with Crippen molar-refractivity contribution in [1.82, 2.24) is 0 Å². The molecule has 0 saturated carbocycles. The zero-order valence-electron chi connectivity index (χ0n) is 12.1. The lowest BCUT2D eigenvalue weighted by Crippen LogP contribution is -2.00. The quantitative estimate of drug-likeness (QED) is 0.851. The second kappa shape index (κ2) is 7.05.